The van der Waals surface area contributed by atoms with E-state index in [1.54, 1.807) is 6.20 Å². The first-order valence-electron chi connectivity index (χ1n) is 9.76. The van der Waals surface area contributed by atoms with Crippen LogP contribution >= 0.6 is 0 Å². The van der Waals surface area contributed by atoms with E-state index in [9.17, 15) is 4.79 Å². The number of rotatable bonds is 5. The number of aryl methyl sites for hydroxylation is 1. The monoisotopic (exact) mass is 366 g/mol. The molecule has 0 bridgehead atoms. The van der Waals surface area contributed by atoms with Crippen LogP contribution in [-0.4, -0.2) is 43.6 Å². The van der Waals surface area contributed by atoms with Crippen molar-refractivity contribution in [3.63, 3.8) is 0 Å². The summed E-state index contributed by atoms with van der Waals surface area (Å²) in [4.78, 5) is 21.4. The Morgan fingerprint density at radius 2 is 1.78 bits per heavy atom. The van der Waals surface area contributed by atoms with Crippen molar-refractivity contribution < 1.29 is 4.79 Å². The molecule has 1 N–H and O–H groups in total. The van der Waals surface area contributed by atoms with Crippen molar-refractivity contribution in [2.75, 3.05) is 42.5 Å². The molecule has 0 saturated carbocycles. The van der Waals surface area contributed by atoms with E-state index in [1.165, 1.54) is 16.8 Å². The standard InChI is InChI=1S/C22H30N4O/c1-16(2)14-24-22(27)19-8-9-21(23-15-19)26-12-10-25(11-13-26)20-7-5-6-17(3)18(20)4/h5-9,15-16H,10-14H2,1-4H3,(H,24,27). The van der Waals surface area contributed by atoms with E-state index in [0.29, 0.717) is 18.0 Å². The van der Waals surface area contributed by atoms with Gasteiger partial charge >= 0.3 is 0 Å². The van der Waals surface area contributed by atoms with Gasteiger partial charge in [0, 0.05) is 44.6 Å². The molecular formula is C22H30N4O. The predicted molar refractivity (Wildman–Crippen MR) is 112 cm³/mol. The summed E-state index contributed by atoms with van der Waals surface area (Å²) < 4.78 is 0. The molecule has 5 nitrogen and oxygen atoms in total. The third-order valence-electron chi connectivity index (χ3n) is 5.20. The molecule has 27 heavy (non-hydrogen) atoms. The Labute approximate surface area is 162 Å². The van der Waals surface area contributed by atoms with Crippen molar-refractivity contribution in [2.24, 2.45) is 5.92 Å². The van der Waals surface area contributed by atoms with Gasteiger partial charge < -0.3 is 15.1 Å². The number of hydrogen-bond acceptors (Lipinski definition) is 4. The first kappa shape index (κ1) is 19.2. The number of pyridine rings is 1. The van der Waals surface area contributed by atoms with Crippen molar-refractivity contribution in [2.45, 2.75) is 27.7 Å². The third kappa shape index (κ3) is 4.59. The zero-order valence-corrected chi connectivity index (χ0v) is 16.8. The van der Waals surface area contributed by atoms with E-state index >= 15 is 0 Å². The number of carbonyl (C=O) groups excluding carboxylic acids is 1. The minimum absolute atomic E-state index is 0.0532. The van der Waals surface area contributed by atoms with Crippen LogP contribution in [0.3, 0.4) is 0 Å². The number of anilines is 2. The normalized spacial score (nSPS) is 14.6. The lowest BCUT2D eigenvalue weighted by molar-refractivity contribution is 0.0948. The van der Waals surface area contributed by atoms with E-state index in [-0.39, 0.29) is 5.91 Å². The lowest BCUT2D eigenvalue weighted by Gasteiger charge is -2.37. The second kappa shape index (κ2) is 8.42. The molecule has 5 heteroatoms. The number of hydrogen-bond donors (Lipinski definition) is 1. The third-order valence-corrected chi connectivity index (χ3v) is 5.20. The van der Waals surface area contributed by atoms with Gasteiger partial charge in [-0.05, 0) is 49.1 Å². The largest absolute Gasteiger partial charge is 0.368 e. The van der Waals surface area contributed by atoms with Crippen LogP contribution in [0.15, 0.2) is 36.5 Å². The van der Waals surface area contributed by atoms with Gasteiger partial charge in [0.2, 0.25) is 0 Å². The Hall–Kier alpha value is -2.56. The Morgan fingerprint density at radius 1 is 1.07 bits per heavy atom. The molecule has 2 aromatic rings. The number of nitrogens with zero attached hydrogens (tertiary/aromatic N) is 3. The van der Waals surface area contributed by atoms with Crippen LogP contribution in [0.2, 0.25) is 0 Å². The van der Waals surface area contributed by atoms with Gasteiger partial charge in [-0.1, -0.05) is 26.0 Å². The Balaban J connectivity index is 1.59. The summed E-state index contributed by atoms with van der Waals surface area (Å²) >= 11 is 0. The number of benzene rings is 1. The number of carbonyl (C=O) groups is 1. The quantitative estimate of drug-likeness (QED) is 0.881. The highest BCUT2D eigenvalue weighted by molar-refractivity contribution is 5.94. The van der Waals surface area contributed by atoms with Gasteiger partial charge in [-0.15, -0.1) is 0 Å². The van der Waals surface area contributed by atoms with Crippen molar-refractivity contribution >= 4 is 17.4 Å². The number of nitrogens with one attached hydrogen (secondary N) is 1. The van der Waals surface area contributed by atoms with E-state index in [2.05, 4.69) is 66.0 Å². The lowest BCUT2D eigenvalue weighted by atomic mass is 10.1. The number of amides is 1. The summed E-state index contributed by atoms with van der Waals surface area (Å²) in [6.45, 7) is 13.0. The molecule has 0 atom stereocenters. The van der Waals surface area contributed by atoms with Crippen LogP contribution in [0.5, 0.6) is 0 Å². The molecule has 0 unspecified atom stereocenters. The van der Waals surface area contributed by atoms with Gasteiger partial charge in [-0.3, -0.25) is 4.79 Å². The molecule has 1 fully saturated rings. The molecular weight excluding hydrogens is 336 g/mol. The zero-order chi connectivity index (χ0) is 19.4. The molecule has 1 aromatic heterocycles. The molecule has 0 spiro atoms. The highest BCUT2D eigenvalue weighted by Gasteiger charge is 2.20. The van der Waals surface area contributed by atoms with Gasteiger partial charge in [0.05, 0.1) is 5.56 Å². The molecule has 144 valence electrons. The zero-order valence-electron chi connectivity index (χ0n) is 16.8. The summed E-state index contributed by atoms with van der Waals surface area (Å²) in [5.41, 5.74) is 4.65. The van der Waals surface area contributed by atoms with Crippen LogP contribution in [0.1, 0.15) is 35.3 Å². The molecule has 0 radical (unpaired) electrons. The molecule has 1 aliphatic rings. The highest BCUT2D eigenvalue weighted by Crippen LogP contribution is 2.25. The van der Waals surface area contributed by atoms with Gasteiger partial charge in [-0.2, -0.15) is 0 Å². The van der Waals surface area contributed by atoms with Crippen LogP contribution in [-0.2, 0) is 0 Å². The van der Waals surface area contributed by atoms with E-state index < -0.39 is 0 Å². The SMILES string of the molecule is Cc1cccc(N2CCN(c3ccc(C(=O)NCC(C)C)cn3)CC2)c1C. The van der Waals surface area contributed by atoms with E-state index in [4.69, 9.17) is 0 Å². The van der Waals surface area contributed by atoms with Crippen LogP contribution in [0.4, 0.5) is 11.5 Å². The maximum absolute atomic E-state index is 12.1. The summed E-state index contributed by atoms with van der Waals surface area (Å²) in [6.07, 6.45) is 1.68. The summed E-state index contributed by atoms with van der Waals surface area (Å²) in [5, 5.41) is 2.93. The van der Waals surface area contributed by atoms with Crippen molar-refractivity contribution in [1.82, 2.24) is 10.3 Å². The van der Waals surface area contributed by atoms with Crippen LogP contribution in [0, 0.1) is 19.8 Å². The van der Waals surface area contributed by atoms with Gasteiger partial charge in [0.1, 0.15) is 5.82 Å². The molecule has 1 amide bonds. The van der Waals surface area contributed by atoms with E-state index in [0.717, 1.165) is 32.0 Å². The Kier molecular flexibility index (Phi) is 5.99. The van der Waals surface area contributed by atoms with Crippen molar-refractivity contribution in [1.29, 1.82) is 0 Å². The first-order chi connectivity index (χ1) is 13.0. The number of piperazine rings is 1. The second-order valence-corrected chi connectivity index (χ2v) is 7.70. The van der Waals surface area contributed by atoms with Gasteiger partial charge in [-0.25, -0.2) is 4.98 Å². The average Bonchev–Trinajstić information content (AvgIpc) is 2.68. The fourth-order valence-electron chi connectivity index (χ4n) is 3.36. The molecule has 1 aliphatic heterocycles. The van der Waals surface area contributed by atoms with Crippen molar-refractivity contribution in [3.8, 4) is 0 Å². The van der Waals surface area contributed by atoms with Crippen molar-refractivity contribution in [3.05, 3.63) is 53.2 Å². The molecule has 1 aromatic carbocycles. The van der Waals surface area contributed by atoms with E-state index in [1.807, 2.05) is 12.1 Å². The van der Waals surface area contributed by atoms with Crippen LogP contribution in [0.25, 0.3) is 0 Å². The fraction of sp³-hybridized carbons (Fsp3) is 0.455. The predicted octanol–water partition coefficient (Wildman–Crippen LogP) is 3.41. The summed E-state index contributed by atoms with van der Waals surface area (Å²) in [6, 6.07) is 10.3. The number of aromatic nitrogens is 1. The summed E-state index contributed by atoms with van der Waals surface area (Å²) in [5.74, 6) is 1.33. The van der Waals surface area contributed by atoms with Gasteiger partial charge in [0.25, 0.3) is 5.91 Å². The topological polar surface area (TPSA) is 48.5 Å². The molecule has 2 heterocycles. The minimum Gasteiger partial charge on any atom is -0.368 e. The highest BCUT2D eigenvalue weighted by atomic mass is 16.1. The fourth-order valence-corrected chi connectivity index (χ4v) is 3.36. The van der Waals surface area contributed by atoms with Crippen LogP contribution < -0.4 is 15.1 Å². The summed E-state index contributed by atoms with van der Waals surface area (Å²) in [7, 11) is 0. The maximum atomic E-state index is 12.1. The molecule has 0 aliphatic carbocycles. The smallest absolute Gasteiger partial charge is 0.252 e. The Bertz CT molecular complexity index is 777. The minimum atomic E-state index is -0.0532. The second-order valence-electron chi connectivity index (χ2n) is 7.70. The maximum Gasteiger partial charge on any atom is 0.252 e. The molecule has 3 rings (SSSR count). The Morgan fingerprint density at radius 3 is 2.41 bits per heavy atom. The van der Waals surface area contributed by atoms with Gasteiger partial charge in [0.15, 0.2) is 0 Å². The lowest BCUT2D eigenvalue weighted by Crippen LogP contribution is -2.47. The first-order valence-corrected chi connectivity index (χ1v) is 9.76. The average molecular weight is 367 g/mol. The molecule has 1 saturated heterocycles.